The molecule has 7 nitrogen and oxygen atoms in total. The number of rotatable bonds is 11. The van der Waals surface area contributed by atoms with Crippen LogP contribution < -0.4 is 20.5 Å². The van der Waals surface area contributed by atoms with Crippen LogP contribution in [0.25, 0.3) is 0 Å². The Morgan fingerprint density at radius 1 is 1.17 bits per heavy atom. The number of sulfonamides is 1. The first-order valence-corrected chi connectivity index (χ1v) is 11.6. The number of hydrogen-bond acceptors (Lipinski definition) is 5. The van der Waals surface area contributed by atoms with Gasteiger partial charge in [-0.25, -0.2) is 13.6 Å². The number of benzene rings is 1. The molecule has 29 heavy (non-hydrogen) atoms. The second kappa shape index (κ2) is 10.5. The Morgan fingerprint density at radius 3 is 2.31 bits per heavy atom. The van der Waals surface area contributed by atoms with E-state index in [1.807, 2.05) is 24.3 Å². The van der Waals surface area contributed by atoms with Crippen LogP contribution in [0.3, 0.4) is 0 Å². The van der Waals surface area contributed by atoms with Crippen molar-refractivity contribution in [1.82, 2.24) is 0 Å². The van der Waals surface area contributed by atoms with Crippen LogP contribution in [0.1, 0.15) is 56.3 Å². The van der Waals surface area contributed by atoms with Gasteiger partial charge in [0, 0.05) is 25.1 Å². The monoisotopic (exact) mass is 421 g/mol. The lowest BCUT2D eigenvalue weighted by atomic mass is 10.1. The molecule has 1 amide bonds. The minimum Gasteiger partial charge on any atom is -0.482 e. The van der Waals surface area contributed by atoms with E-state index in [0.717, 1.165) is 25.7 Å². The predicted molar refractivity (Wildman–Crippen MR) is 116 cm³/mol. The molecule has 0 aliphatic heterocycles. The lowest BCUT2D eigenvalue weighted by Gasteiger charge is -2.29. The predicted octanol–water partition coefficient (Wildman–Crippen LogP) is 3.10. The number of primary sulfonamides is 1. The quantitative estimate of drug-likeness (QED) is 0.569. The Hall–Kier alpha value is -2.32. The Labute approximate surface area is 173 Å². The highest BCUT2D eigenvalue weighted by Crippen LogP contribution is 2.38. The van der Waals surface area contributed by atoms with Gasteiger partial charge >= 0.3 is 0 Å². The van der Waals surface area contributed by atoms with E-state index < -0.39 is 15.9 Å². The van der Waals surface area contributed by atoms with Crippen LogP contribution in [-0.4, -0.2) is 33.5 Å². The normalized spacial score (nSPS) is 16.0. The van der Waals surface area contributed by atoms with Crippen LogP contribution in [0.5, 0.6) is 5.75 Å². The number of allylic oxidation sites excluding steroid dienone is 2. The zero-order valence-corrected chi connectivity index (χ0v) is 18.0. The molecule has 0 spiro atoms. The molecule has 1 aliphatic carbocycles. The average molecular weight is 422 g/mol. The van der Waals surface area contributed by atoms with Crippen LogP contribution >= 0.6 is 0 Å². The van der Waals surface area contributed by atoms with Crippen molar-refractivity contribution in [2.75, 3.05) is 18.0 Å². The molecule has 0 saturated heterocycles. The van der Waals surface area contributed by atoms with E-state index >= 15 is 0 Å². The van der Waals surface area contributed by atoms with E-state index in [0.29, 0.717) is 25.2 Å². The van der Waals surface area contributed by atoms with Crippen molar-refractivity contribution in [3.05, 3.63) is 42.0 Å². The fourth-order valence-corrected chi connectivity index (χ4v) is 3.84. The molecule has 1 aromatic carbocycles. The number of ether oxygens (including phenoxy) is 1. The number of primary amides is 1. The summed E-state index contributed by atoms with van der Waals surface area (Å²) in [6, 6.07) is 2.82. The van der Waals surface area contributed by atoms with Gasteiger partial charge in [-0.1, -0.05) is 44.9 Å². The van der Waals surface area contributed by atoms with Crippen molar-refractivity contribution >= 4 is 21.6 Å². The van der Waals surface area contributed by atoms with Gasteiger partial charge in [-0.3, -0.25) is 4.79 Å². The topological polar surface area (TPSA) is 116 Å². The molecule has 0 saturated carbocycles. The zero-order valence-electron chi connectivity index (χ0n) is 17.1. The first-order chi connectivity index (χ1) is 13.8. The number of nitrogens with zero attached hydrogens (tertiary/aromatic N) is 1. The Kier molecular flexibility index (Phi) is 8.28. The van der Waals surface area contributed by atoms with E-state index in [9.17, 15) is 13.2 Å². The molecule has 2 rings (SSSR count). The van der Waals surface area contributed by atoms with Crippen LogP contribution in [0, 0.1) is 0 Å². The maximum Gasteiger partial charge on any atom is 0.248 e. The average Bonchev–Trinajstić information content (AvgIpc) is 2.68. The van der Waals surface area contributed by atoms with Crippen molar-refractivity contribution in [2.24, 2.45) is 10.9 Å². The maximum atomic E-state index is 12.4. The van der Waals surface area contributed by atoms with Crippen molar-refractivity contribution in [2.45, 2.75) is 57.0 Å². The van der Waals surface area contributed by atoms with E-state index in [1.165, 1.54) is 6.07 Å². The highest BCUT2D eigenvalue weighted by molar-refractivity contribution is 7.89. The highest BCUT2D eigenvalue weighted by Gasteiger charge is 2.26. The summed E-state index contributed by atoms with van der Waals surface area (Å²) in [5.74, 6) is -0.538. The molecule has 0 fully saturated rings. The van der Waals surface area contributed by atoms with Gasteiger partial charge in [-0.2, -0.15) is 0 Å². The number of hydrogen-bond donors (Lipinski definition) is 2. The Balaban J connectivity index is 2.64. The fourth-order valence-electron chi connectivity index (χ4n) is 3.14. The van der Waals surface area contributed by atoms with Gasteiger partial charge in [-0.05, 0) is 31.1 Å². The molecule has 1 unspecified atom stereocenters. The molecule has 1 aliphatic rings. The summed E-state index contributed by atoms with van der Waals surface area (Å²) >= 11 is 0. The van der Waals surface area contributed by atoms with Crippen molar-refractivity contribution in [1.29, 1.82) is 0 Å². The highest BCUT2D eigenvalue weighted by atomic mass is 32.2. The maximum absolute atomic E-state index is 12.4. The van der Waals surface area contributed by atoms with Crippen LogP contribution in [0.4, 0.5) is 5.69 Å². The summed E-state index contributed by atoms with van der Waals surface area (Å²) in [5.41, 5.74) is 6.10. The van der Waals surface area contributed by atoms with E-state index in [-0.39, 0.29) is 22.3 Å². The minimum absolute atomic E-state index is 0.0912. The van der Waals surface area contributed by atoms with Crippen LogP contribution in [-0.2, 0) is 10.0 Å². The van der Waals surface area contributed by atoms with Gasteiger partial charge in [0.1, 0.15) is 11.0 Å². The first-order valence-electron chi connectivity index (χ1n) is 10.0. The number of amides is 1. The van der Waals surface area contributed by atoms with Gasteiger partial charge in [0.15, 0.2) is 5.75 Å². The molecular weight excluding hydrogens is 390 g/mol. The summed E-state index contributed by atoms with van der Waals surface area (Å²) in [6.07, 6.45) is 11.7. The molecule has 1 aromatic rings. The molecule has 8 heteroatoms. The second-order valence-corrected chi connectivity index (χ2v) is 8.66. The van der Waals surface area contributed by atoms with Gasteiger partial charge in [0.05, 0.1) is 5.69 Å². The standard InChI is InChI=1S/C21H31N3O4S/c1-3-5-12-24(13-6-4-2)18-14-16(21(22)25)15-19(29(23,26)27)20(18)28-17-10-8-7-9-11-17/h7-10,14-15,17H,3-6,11-13H2,1-2H3,(H2,22,25)(H2,23,26,27). The van der Waals surface area contributed by atoms with Crippen molar-refractivity contribution < 1.29 is 17.9 Å². The molecular formula is C21H31N3O4S. The minimum atomic E-state index is -4.14. The van der Waals surface area contributed by atoms with Crippen LogP contribution in [0.15, 0.2) is 41.3 Å². The van der Waals surface area contributed by atoms with Crippen LogP contribution in [0.2, 0.25) is 0 Å². The van der Waals surface area contributed by atoms with E-state index in [4.69, 9.17) is 15.6 Å². The third-order valence-electron chi connectivity index (χ3n) is 4.74. The lowest BCUT2D eigenvalue weighted by molar-refractivity contribution is 0.1000. The second-order valence-electron chi connectivity index (χ2n) is 7.13. The Morgan fingerprint density at radius 2 is 1.83 bits per heavy atom. The third kappa shape index (κ3) is 6.33. The fraction of sp³-hybridized carbons (Fsp3) is 0.476. The number of anilines is 1. The van der Waals surface area contributed by atoms with Gasteiger partial charge < -0.3 is 15.4 Å². The van der Waals surface area contributed by atoms with E-state index in [2.05, 4.69) is 18.7 Å². The zero-order chi connectivity index (χ0) is 21.4. The molecule has 0 bridgehead atoms. The molecule has 160 valence electrons. The largest absolute Gasteiger partial charge is 0.482 e. The summed E-state index contributed by atoms with van der Waals surface area (Å²) in [6.45, 7) is 5.59. The van der Waals surface area contributed by atoms with Crippen molar-refractivity contribution in [3.8, 4) is 5.75 Å². The molecule has 0 heterocycles. The number of carbonyl (C=O) groups is 1. The summed E-state index contributed by atoms with van der Waals surface area (Å²) in [7, 11) is -4.14. The molecule has 0 aromatic heterocycles. The van der Waals surface area contributed by atoms with Gasteiger partial charge in [-0.15, -0.1) is 0 Å². The Bertz CT molecular complexity index is 870. The SMILES string of the molecule is CCCCN(CCCC)c1cc(C(N)=O)cc(S(N)(=O)=O)c1OC1C=CC=CC1. The summed E-state index contributed by atoms with van der Waals surface area (Å²) in [5, 5.41) is 5.49. The third-order valence-corrected chi connectivity index (χ3v) is 5.66. The molecule has 1 atom stereocenters. The number of nitrogens with two attached hydrogens (primary N) is 2. The number of unbranched alkanes of at least 4 members (excludes halogenated alkanes) is 2. The molecule has 0 radical (unpaired) electrons. The molecule has 4 N–H and O–H groups in total. The van der Waals surface area contributed by atoms with Gasteiger partial charge in [0.2, 0.25) is 15.9 Å². The smallest absolute Gasteiger partial charge is 0.248 e. The first kappa shape index (κ1) is 23.0. The lowest BCUT2D eigenvalue weighted by Crippen LogP contribution is -2.29. The summed E-state index contributed by atoms with van der Waals surface area (Å²) in [4.78, 5) is 13.7. The number of carbonyl (C=O) groups excluding carboxylic acids is 1. The summed E-state index contributed by atoms with van der Waals surface area (Å²) < 4.78 is 30.9. The van der Waals surface area contributed by atoms with Crippen molar-refractivity contribution in [3.63, 3.8) is 0 Å². The van der Waals surface area contributed by atoms with E-state index in [1.54, 1.807) is 6.07 Å². The van der Waals surface area contributed by atoms with Gasteiger partial charge in [0.25, 0.3) is 0 Å².